The third-order valence-electron chi connectivity index (χ3n) is 4.96. The van der Waals surface area contributed by atoms with Crippen molar-refractivity contribution < 1.29 is 9.53 Å². The van der Waals surface area contributed by atoms with Crippen LogP contribution in [0.3, 0.4) is 0 Å². The summed E-state index contributed by atoms with van der Waals surface area (Å²) in [6, 6.07) is 4.02. The second-order valence-electron chi connectivity index (χ2n) is 7.03. The maximum atomic E-state index is 12.6. The fraction of sp³-hybridized carbons (Fsp3) is 0.500. The van der Waals surface area contributed by atoms with Gasteiger partial charge in [0.15, 0.2) is 0 Å². The predicted octanol–water partition coefficient (Wildman–Crippen LogP) is 3.38. The minimum atomic E-state index is -0.291. The molecule has 1 aliphatic carbocycles. The number of fused-ring (bicyclic) bond motifs is 1. The van der Waals surface area contributed by atoms with Gasteiger partial charge in [-0.15, -0.1) is 0 Å². The van der Waals surface area contributed by atoms with E-state index in [0.717, 1.165) is 30.0 Å². The first kappa shape index (κ1) is 17.5. The third kappa shape index (κ3) is 3.55. The molecular weight excluding hydrogens is 314 g/mol. The van der Waals surface area contributed by atoms with Gasteiger partial charge >= 0.3 is 0 Å². The highest BCUT2D eigenvalue weighted by molar-refractivity contribution is 5.80. The lowest BCUT2D eigenvalue weighted by Crippen LogP contribution is -2.31. The van der Waals surface area contributed by atoms with Crippen LogP contribution in [-0.4, -0.2) is 22.6 Å². The van der Waals surface area contributed by atoms with Crippen LogP contribution in [-0.2, 0) is 24.2 Å². The maximum absolute atomic E-state index is 12.6. The summed E-state index contributed by atoms with van der Waals surface area (Å²) in [6.07, 6.45) is 7.06. The van der Waals surface area contributed by atoms with Gasteiger partial charge in [0.2, 0.25) is 5.91 Å². The van der Waals surface area contributed by atoms with E-state index in [9.17, 15) is 4.79 Å². The molecule has 1 atom stereocenters. The van der Waals surface area contributed by atoms with Crippen molar-refractivity contribution in [2.75, 3.05) is 7.11 Å². The first-order chi connectivity index (χ1) is 12.0. The zero-order valence-corrected chi connectivity index (χ0v) is 15.5. The number of carbonyl (C=O) groups is 1. The van der Waals surface area contributed by atoms with E-state index in [1.807, 2.05) is 17.7 Å². The van der Waals surface area contributed by atoms with Crippen LogP contribution in [0.5, 0.6) is 5.75 Å². The molecule has 1 aliphatic rings. The fourth-order valence-electron chi connectivity index (χ4n) is 3.54. The van der Waals surface area contributed by atoms with E-state index < -0.39 is 0 Å². The Kier molecular flexibility index (Phi) is 5.11. The highest BCUT2D eigenvalue weighted by atomic mass is 16.5. The lowest BCUT2D eigenvalue weighted by atomic mass is 10.0. The summed E-state index contributed by atoms with van der Waals surface area (Å²) >= 11 is 0. The molecule has 5 nitrogen and oxygen atoms in total. The smallest absolute Gasteiger partial charge is 0.243 e. The summed E-state index contributed by atoms with van der Waals surface area (Å²) in [5.74, 6) is 2.06. The molecule has 0 aliphatic heterocycles. The Bertz CT molecular complexity index is 764. The van der Waals surface area contributed by atoms with Gasteiger partial charge in [0, 0.05) is 30.4 Å². The standard InChI is InChI=1S/C20H27N3O2/c1-13(2)19-21-8-9-23(19)14(3)20(24)22-12-17-10-15-6-5-7-16(15)11-18(17)25-4/h8-11,13-14H,5-7,12H2,1-4H3,(H,22,24). The molecular formula is C20H27N3O2. The van der Waals surface area contributed by atoms with Crippen molar-refractivity contribution in [3.63, 3.8) is 0 Å². The molecule has 25 heavy (non-hydrogen) atoms. The largest absolute Gasteiger partial charge is 0.496 e. The van der Waals surface area contributed by atoms with Gasteiger partial charge in [0.1, 0.15) is 17.6 Å². The summed E-state index contributed by atoms with van der Waals surface area (Å²) in [7, 11) is 1.69. The molecule has 0 saturated carbocycles. The second kappa shape index (κ2) is 7.30. The predicted molar refractivity (Wildman–Crippen MR) is 97.9 cm³/mol. The molecule has 0 radical (unpaired) electrons. The number of carbonyl (C=O) groups excluding carboxylic acids is 1. The Morgan fingerprint density at radius 3 is 2.68 bits per heavy atom. The molecule has 1 amide bonds. The molecule has 1 unspecified atom stereocenters. The summed E-state index contributed by atoms with van der Waals surface area (Å²) in [5, 5.41) is 3.05. The first-order valence-corrected chi connectivity index (χ1v) is 9.00. The number of benzene rings is 1. The van der Waals surface area contributed by atoms with E-state index in [0.29, 0.717) is 6.54 Å². The molecule has 0 saturated heterocycles. The minimum Gasteiger partial charge on any atom is -0.496 e. The van der Waals surface area contributed by atoms with E-state index in [2.05, 4.69) is 36.3 Å². The molecule has 1 aromatic heterocycles. The molecule has 134 valence electrons. The summed E-state index contributed by atoms with van der Waals surface area (Å²) in [4.78, 5) is 17.0. The van der Waals surface area contributed by atoms with Gasteiger partial charge in [-0.25, -0.2) is 4.98 Å². The van der Waals surface area contributed by atoms with Crippen molar-refractivity contribution in [3.05, 3.63) is 47.0 Å². The number of rotatable bonds is 6. The van der Waals surface area contributed by atoms with Crippen LogP contribution in [0.25, 0.3) is 0 Å². The number of aryl methyl sites for hydroxylation is 2. The van der Waals surface area contributed by atoms with Crippen LogP contribution in [0.15, 0.2) is 24.5 Å². The summed E-state index contributed by atoms with van der Waals surface area (Å²) < 4.78 is 7.46. The SMILES string of the molecule is COc1cc2c(cc1CNC(=O)C(C)n1ccnc1C(C)C)CCC2. The van der Waals surface area contributed by atoms with Gasteiger partial charge in [0.25, 0.3) is 0 Å². The lowest BCUT2D eigenvalue weighted by Gasteiger charge is -2.18. The average molecular weight is 341 g/mol. The van der Waals surface area contributed by atoms with Gasteiger partial charge in [-0.2, -0.15) is 0 Å². The molecule has 0 bridgehead atoms. The zero-order chi connectivity index (χ0) is 18.0. The molecule has 1 heterocycles. The van der Waals surface area contributed by atoms with Crippen molar-refractivity contribution in [1.29, 1.82) is 0 Å². The van der Waals surface area contributed by atoms with Crippen LogP contribution in [0.2, 0.25) is 0 Å². The maximum Gasteiger partial charge on any atom is 0.243 e. The number of aromatic nitrogens is 2. The Balaban J connectivity index is 1.71. The Hall–Kier alpha value is -2.30. The van der Waals surface area contributed by atoms with Crippen molar-refractivity contribution in [2.45, 2.75) is 58.5 Å². The highest BCUT2D eigenvalue weighted by Crippen LogP contribution is 2.30. The number of amides is 1. The number of hydrogen-bond donors (Lipinski definition) is 1. The van der Waals surface area contributed by atoms with Crippen LogP contribution in [0.1, 0.15) is 61.7 Å². The molecule has 2 aromatic rings. The van der Waals surface area contributed by atoms with Crippen molar-refractivity contribution >= 4 is 5.91 Å². The quantitative estimate of drug-likeness (QED) is 0.876. The van der Waals surface area contributed by atoms with Gasteiger partial charge < -0.3 is 14.6 Å². The van der Waals surface area contributed by atoms with Crippen molar-refractivity contribution in [3.8, 4) is 5.75 Å². The number of ether oxygens (including phenoxy) is 1. The number of nitrogens with zero attached hydrogens (tertiary/aromatic N) is 2. The Morgan fingerprint density at radius 2 is 2.00 bits per heavy atom. The first-order valence-electron chi connectivity index (χ1n) is 9.00. The van der Waals surface area contributed by atoms with Gasteiger partial charge in [-0.05, 0) is 43.4 Å². The molecule has 3 rings (SSSR count). The number of nitrogens with one attached hydrogen (secondary N) is 1. The fourth-order valence-corrected chi connectivity index (χ4v) is 3.54. The van der Waals surface area contributed by atoms with E-state index in [1.54, 1.807) is 13.3 Å². The molecule has 0 spiro atoms. The normalized spacial score (nSPS) is 14.4. The van der Waals surface area contributed by atoms with Gasteiger partial charge in [-0.3, -0.25) is 4.79 Å². The van der Waals surface area contributed by atoms with Crippen LogP contribution < -0.4 is 10.1 Å². The van der Waals surface area contributed by atoms with Crippen LogP contribution in [0, 0.1) is 0 Å². The van der Waals surface area contributed by atoms with Crippen molar-refractivity contribution in [2.24, 2.45) is 0 Å². The number of methoxy groups -OCH3 is 1. The highest BCUT2D eigenvalue weighted by Gasteiger charge is 2.20. The zero-order valence-electron chi connectivity index (χ0n) is 15.5. The summed E-state index contributed by atoms with van der Waals surface area (Å²) in [6.45, 7) is 6.55. The topological polar surface area (TPSA) is 56.1 Å². The van der Waals surface area contributed by atoms with E-state index in [4.69, 9.17) is 4.74 Å². The van der Waals surface area contributed by atoms with Crippen molar-refractivity contribution in [1.82, 2.24) is 14.9 Å². The van der Waals surface area contributed by atoms with E-state index >= 15 is 0 Å². The molecule has 1 aromatic carbocycles. The molecule has 1 N–H and O–H groups in total. The average Bonchev–Trinajstić information content (AvgIpc) is 3.26. The lowest BCUT2D eigenvalue weighted by molar-refractivity contribution is -0.124. The van der Waals surface area contributed by atoms with Crippen LogP contribution in [0.4, 0.5) is 0 Å². The number of imidazole rings is 1. The Labute approximate surface area is 149 Å². The van der Waals surface area contributed by atoms with E-state index in [1.165, 1.54) is 17.5 Å². The Morgan fingerprint density at radius 1 is 1.28 bits per heavy atom. The monoisotopic (exact) mass is 341 g/mol. The van der Waals surface area contributed by atoms with Crippen LogP contribution >= 0.6 is 0 Å². The van der Waals surface area contributed by atoms with Gasteiger partial charge in [0.05, 0.1) is 7.11 Å². The molecule has 0 fully saturated rings. The number of hydrogen-bond acceptors (Lipinski definition) is 3. The van der Waals surface area contributed by atoms with E-state index in [-0.39, 0.29) is 17.9 Å². The van der Waals surface area contributed by atoms with Gasteiger partial charge in [-0.1, -0.05) is 19.9 Å². The molecule has 5 heteroatoms. The summed E-state index contributed by atoms with van der Waals surface area (Å²) in [5.41, 5.74) is 3.80. The minimum absolute atomic E-state index is 0.0116. The third-order valence-corrected chi connectivity index (χ3v) is 4.96. The second-order valence-corrected chi connectivity index (χ2v) is 7.03.